The normalized spacial score (nSPS) is 11.8. The second kappa shape index (κ2) is 6.85. The quantitative estimate of drug-likeness (QED) is 0.808. The summed E-state index contributed by atoms with van der Waals surface area (Å²) < 4.78 is 0. The van der Waals surface area contributed by atoms with Gasteiger partial charge in [-0.1, -0.05) is 29.8 Å². The van der Waals surface area contributed by atoms with Gasteiger partial charge in [-0.3, -0.25) is 4.98 Å². The first-order valence-corrected chi connectivity index (χ1v) is 6.76. The first-order chi connectivity index (χ1) is 10.1. The van der Waals surface area contributed by atoms with Gasteiger partial charge in [-0.05, 0) is 31.0 Å². The minimum atomic E-state index is -0.728. The molecule has 0 aliphatic heterocycles. The number of aryl methyl sites for hydroxylation is 2. The van der Waals surface area contributed by atoms with Gasteiger partial charge in [-0.2, -0.15) is 0 Å². The van der Waals surface area contributed by atoms with Crippen molar-refractivity contribution in [3.63, 3.8) is 0 Å². The molecule has 1 aromatic heterocycles. The average Bonchev–Trinajstić information content (AvgIpc) is 2.47. The Hall–Kier alpha value is -2.40. The van der Waals surface area contributed by atoms with Gasteiger partial charge >= 0.3 is 6.03 Å². The third-order valence-corrected chi connectivity index (χ3v) is 3.15. The Morgan fingerprint density at radius 1 is 1.33 bits per heavy atom. The molecule has 0 saturated heterocycles. The molecule has 110 valence electrons. The molecule has 1 heterocycles. The summed E-state index contributed by atoms with van der Waals surface area (Å²) in [4.78, 5) is 15.8. The molecule has 2 rings (SSSR count). The van der Waals surface area contributed by atoms with Crippen LogP contribution in [-0.4, -0.2) is 22.7 Å². The molecule has 0 aliphatic rings. The molecule has 0 fully saturated rings. The Kier molecular flexibility index (Phi) is 4.90. The Morgan fingerprint density at radius 3 is 2.86 bits per heavy atom. The highest BCUT2D eigenvalue weighted by Gasteiger charge is 2.10. The number of pyridine rings is 1. The third-order valence-electron chi connectivity index (χ3n) is 3.15. The fraction of sp³-hybridized carbons (Fsp3) is 0.250. The molecule has 2 amide bonds. The van der Waals surface area contributed by atoms with Gasteiger partial charge in [0.15, 0.2) is 0 Å². The van der Waals surface area contributed by atoms with Crippen molar-refractivity contribution in [2.75, 3.05) is 11.9 Å². The number of carbonyl (C=O) groups excluding carboxylic acids is 1. The maximum atomic E-state index is 11.8. The van der Waals surface area contributed by atoms with Gasteiger partial charge in [-0.15, -0.1) is 0 Å². The number of hydrogen-bond donors (Lipinski definition) is 3. The zero-order valence-electron chi connectivity index (χ0n) is 12.1. The molecular weight excluding hydrogens is 266 g/mol. The van der Waals surface area contributed by atoms with Gasteiger partial charge in [0.1, 0.15) is 0 Å². The monoisotopic (exact) mass is 285 g/mol. The zero-order valence-corrected chi connectivity index (χ0v) is 12.1. The van der Waals surface area contributed by atoms with E-state index in [1.165, 1.54) is 0 Å². The summed E-state index contributed by atoms with van der Waals surface area (Å²) in [5, 5.41) is 15.4. The Labute approximate surface area is 124 Å². The lowest BCUT2D eigenvalue weighted by atomic mass is 10.1. The van der Waals surface area contributed by atoms with Crippen LogP contribution in [0.15, 0.2) is 42.7 Å². The van der Waals surface area contributed by atoms with Crippen molar-refractivity contribution < 1.29 is 9.90 Å². The Morgan fingerprint density at radius 2 is 2.14 bits per heavy atom. The number of aliphatic hydroxyl groups excluding tert-OH is 1. The predicted octanol–water partition coefficient (Wildman–Crippen LogP) is 2.55. The highest BCUT2D eigenvalue weighted by Crippen LogP contribution is 2.14. The molecule has 0 radical (unpaired) electrons. The minimum Gasteiger partial charge on any atom is -0.387 e. The number of carbonyl (C=O) groups is 1. The van der Waals surface area contributed by atoms with Crippen LogP contribution in [0, 0.1) is 13.8 Å². The molecule has 1 unspecified atom stereocenters. The van der Waals surface area contributed by atoms with Crippen molar-refractivity contribution in [2.45, 2.75) is 20.0 Å². The topological polar surface area (TPSA) is 74.2 Å². The number of urea groups is 1. The summed E-state index contributed by atoms with van der Waals surface area (Å²) in [5.41, 5.74) is 3.44. The SMILES string of the molecule is Cc1cccc(C(O)CNC(=O)Nc2ccncc2C)c1. The van der Waals surface area contributed by atoms with E-state index in [0.717, 1.165) is 16.7 Å². The van der Waals surface area contributed by atoms with Gasteiger partial charge in [0.05, 0.1) is 6.10 Å². The maximum absolute atomic E-state index is 11.8. The molecule has 1 atom stereocenters. The highest BCUT2D eigenvalue weighted by atomic mass is 16.3. The van der Waals surface area contributed by atoms with Crippen molar-refractivity contribution in [1.82, 2.24) is 10.3 Å². The number of anilines is 1. The lowest BCUT2D eigenvalue weighted by Crippen LogP contribution is -2.32. The molecule has 2 aromatic rings. The number of aliphatic hydroxyl groups is 1. The molecule has 0 spiro atoms. The van der Waals surface area contributed by atoms with E-state index in [0.29, 0.717) is 5.69 Å². The van der Waals surface area contributed by atoms with Crippen LogP contribution in [0.3, 0.4) is 0 Å². The van der Waals surface area contributed by atoms with E-state index in [9.17, 15) is 9.90 Å². The predicted molar refractivity (Wildman–Crippen MR) is 82.1 cm³/mol. The largest absolute Gasteiger partial charge is 0.387 e. The maximum Gasteiger partial charge on any atom is 0.319 e. The average molecular weight is 285 g/mol. The summed E-state index contributed by atoms with van der Waals surface area (Å²) in [6, 6.07) is 8.96. The standard InChI is InChI=1S/C16H19N3O2/c1-11-4-3-5-13(8-11)15(20)10-18-16(21)19-14-6-7-17-9-12(14)2/h3-9,15,20H,10H2,1-2H3,(H2,17,18,19,21). The van der Waals surface area contributed by atoms with E-state index in [1.54, 1.807) is 18.5 Å². The summed E-state index contributed by atoms with van der Waals surface area (Å²) in [7, 11) is 0. The van der Waals surface area contributed by atoms with E-state index in [2.05, 4.69) is 15.6 Å². The lowest BCUT2D eigenvalue weighted by molar-refractivity contribution is 0.175. The summed E-state index contributed by atoms with van der Waals surface area (Å²) in [6.45, 7) is 3.98. The zero-order chi connectivity index (χ0) is 15.2. The van der Waals surface area contributed by atoms with Crippen LogP contribution in [0.2, 0.25) is 0 Å². The summed E-state index contributed by atoms with van der Waals surface area (Å²) in [6.07, 6.45) is 2.57. The van der Waals surface area contributed by atoms with Crippen LogP contribution in [-0.2, 0) is 0 Å². The van der Waals surface area contributed by atoms with Gasteiger partial charge in [0.25, 0.3) is 0 Å². The molecular formula is C16H19N3O2. The third kappa shape index (κ3) is 4.29. The van der Waals surface area contributed by atoms with Gasteiger partial charge < -0.3 is 15.7 Å². The number of amides is 2. The number of nitrogens with one attached hydrogen (secondary N) is 2. The molecule has 0 aliphatic carbocycles. The molecule has 3 N–H and O–H groups in total. The number of hydrogen-bond acceptors (Lipinski definition) is 3. The molecule has 0 saturated carbocycles. The van der Waals surface area contributed by atoms with E-state index in [1.807, 2.05) is 38.1 Å². The molecule has 0 bridgehead atoms. The fourth-order valence-corrected chi connectivity index (χ4v) is 1.96. The molecule has 1 aromatic carbocycles. The van der Waals surface area contributed by atoms with E-state index < -0.39 is 6.10 Å². The van der Waals surface area contributed by atoms with Crippen LogP contribution in [0.25, 0.3) is 0 Å². The second-order valence-electron chi connectivity index (χ2n) is 4.96. The van der Waals surface area contributed by atoms with Crippen LogP contribution < -0.4 is 10.6 Å². The second-order valence-corrected chi connectivity index (χ2v) is 4.96. The highest BCUT2D eigenvalue weighted by molar-refractivity contribution is 5.89. The summed E-state index contributed by atoms with van der Waals surface area (Å²) in [5.74, 6) is 0. The van der Waals surface area contributed by atoms with E-state index in [-0.39, 0.29) is 12.6 Å². The van der Waals surface area contributed by atoms with Crippen LogP contribution >= 0.6 is 0 Å². The van der Waals surface area contributed by atoms with E-state index >= 15 is 0 Å². The van der Waals surface area contributed by atoms with Crippen LogP contribution in [0.4, 0.5) is 10.5 Å². The number of rotatable bonds is 4. The van der Waals surface area contributed by atoms with Gasteiger partial charge in [0, 0.05) is 24.6 Å². The number of nitrogens with zero attached hydrogens (tertiary/aromatic N) is 1. The van der Waals surface area contributed by atoms with Crippen LogP contribution in [0.1, 0.15) is 22.8 Å². The van der Waals surface area contributed by atoms with Crippen molar-refractivity contribution in [3.05, 3.63) is 59.4 Å². The smallest absolute Gasteiger partial charge is 0.319 e. The first-order valence-electron chi connectivity index (χ1n) is 6.76. The number of benzene rings is 1. The fourth-order valence-electron chi connectivity index (χ4n) is 1.96. The lowest BCUT2D eigenvalue weighted by Gasteiger charge is -2.14. The van der Waals surface area contributed by atoms with E-state index in [4.69, 9.17) is 0 Å². The van der Waals surface area contributed by atoms with Gasteiger partial charge in [-0.25, -0.2) is 4.79 Å². The summed E-state index contributed by atoms with van der Waals surface area (Å²) >= 11 is 0. The molecule has 5 nitrogen and oxygen atoms in total. The molecule has 5 heteroatoms. The van der Waals surface area contributed by atoms with Crippen molar-refractivity contribution in [3.8, 4) is 0 Å². The first kappa shape index (κ1) is 15.0. The molecule has 21 heavy (non-hydrogen) atoms. The van der Waals surface area contributed by atoms with Gasteiger partial charge in [0.2, 0.25) is 0 Å². The van der Waals surface area contributed by atoms with Crippen molar-refractivity contribution in [1.29, 1.82) is 0 Å². The number of aromatic nitrogens is 1. The Balaban J connectivity index is 1.88. The van der Waals surface area contributed by atoms with Crippen LogP contribution in [0.5, 0.6) is 0 Å². The van der Waals surface area contributed by atoms with Crippen molar-refractivity contribution in [2.24, 2.45) is 0 Å². The van der Waals surface area contributed by atoms with Crippen molar-refractivity contribution >= 4 is 11.7 Å². The Bertz CT molecular complexity index is 628. The minimum absolute atomic E-state index is 0.152.